The molecule has 0 saturated heterocycles. The van der Waals surface area contributed by atoms with E-state index in [1.165, 1.54) is 0 Å². The highest BCUT2D eigenvalue weighted by Crippen LogP contribution is 2.34. The maximum Gasteiger partial charge on any atom is 0.164 e. The van der Waals surface area contributed by atoms with Crippen LogP contribution in [0.5, 0.6) is 17.2 Å². The Morgan fingerprint density at radius 3 is 1.96 bits per heavy atom. The van der Waals surface area contributed by atoms with Crippen LogP contribution in [0.1, 0.15) is 12.5 Å². The molecular formula is C15H28Cl2N2O4. The maximum atomic E-state index is 9.14. The van der Waals surface area contributed by atoms with Gasteiger partial charge in [-0.2, -0.15) is 0 Å². The molecule has 0 saturated carbocycles. The normalized spacial score (nSPS) is 11.0. The van der Waals surface area contributed by atoms with Crippen LogP contribution in [-0.2, 0) is 6.54 Å². The van der Waals surface area contributed by atoms with E-state index in [0.717, 1.165) is 24.4 Å². The Morgan fingerprint density at radius 1 is 0.913 bits per heavy atom. The highest BCUT2D eigenvalue weighted by Gasteiger charge is 2.11. The van der Waals surface area contributed by atoms with Gasteiger partial charge in [-0.3, -0.25) is 0 Å². The molecule has 1 aromatic carbocycles. The summed E-state index contributed by atoms with van der Waals surface area (Å²) in [5.41, 5.74) is 1.01. The van der Waals surface area contributed by atoms with Crippen molar-refractivity contribution in [3.8, 4) is 17.2 Å². The average Bonchev–Trinajstić information content (AvgIpc) is 2.49. The van der Waals surface area contributed by atoms with Gasteiger partial charge in [-0.15, -0.1) is 24.8 Å². The Bertz CT molecular complexity index is 434. The van der Waals surface area contributed by atoms with E-state index in [2.05, 4.69) is 10.6 Å². The Labute approximate surface area is 150 Å². The van der Waals surface area contributed by atoms with E-state index in [1.54, 1.807) is 28.3 Å². The second-order valence-corrected chi connectivity index (χ2v) is 4.75. The highest BCUT2D eigenvalue weighted by atomic mass is 35.5. The van der Waals surface area contributed by atoms with Gasteiger partial charge in [0.1, 0.15) is 5.75 Å². The summed E-state index contributed by atoms with van der Waals surface area (Å²) in [7, 11) is 4.85. The molecule has 1 unspecified atom stereocenters. The van der Waals surface area contributed by atoms with Gasteiger partial charge in [-0.25, -0.2) is 0 Å². The molecule has 1 aromatic rings. The lowest BCUT2D eigenvalue weighted by Gasteiger charge is -2.14. The lowest BCUT2D eigenvalue weighted by molar-refractivity contribution is 0.191. The molecule has 0 aromatic heterocycles. The third kappa shape index (κ3) is 8.48. The smallest absolute Gasteiger partial charge is 0.164 e. The first kappa shape index (κ1) is 24.3. The van der Waals surface area contributed by atoms with Crippen molar-refractivity contribution in [2.75, 3.05) is 41.0 Å². The van der Waals surface area contributed by atoms with Crippen LogP contribution in [0, 0.1) is 0 Å². The molecular weight excluding hydrogens is 343 g/mol. The summed E-state index contributed by atoms with van der Waals surface area (Å²) in [6, 6.07) is 3.73. The largest absolute Gasteiger partial charge is 0.496 e. The van der Waals surface area contributed by atoms with Gasteiger partial charge in [0.15, 0.2) is 11.5 Å². The van der Waals surface area contributed by atoms with Crippen molar-refractivity contribution >= 4 is 24.8 Å². The van der Waals surface area contributed by atoms with Crippen LogP contribution in [0.25, 0.3) is 0 Å². The number of nitrogens with one attached hydrogen (secondary N) is 2. The van der Waals surface area contributed by atoms with E-state index in [-0.39, 0.29) is 30.9 Å². The first-order valence-corrected chi connectivity index (χ1v) is 7.00. The topological polar surface area (TPSA) is 72.0 Å². The quantitative estimate of drug-likeness (QED) is 0.543. The van der Waals surface area contributed by atoms with Crippen LogP contribution in [0.2, 0.25) is 0 Å². The molecule has 0 aliphatic rings. The van der Waals surface area contributed by atoms with Crippen molar-refractivity contribution in [1.82, 2.24) is 10.6 Å². The summed E-state index contributed by atoms with van der Waals surface area (Å²) in [5, 5.41) is 15.6. The molecule has 0 radical (unpaired) electrons. The first-order chi connectivity index (χ1) is 10.1. The minimum atomic E-state index is -0.323. The summed E-state index contributed by atoms with van der Waals surface area (Å²) in [5.74, 6) is 2.09. The van der Waals surface area contributed by atoms with Gasteiger partial charge in [0.2, 0.25) is 0 Å². The van der Waals surface area contributed by atoms with Gasteiger partial charge >= 0.3 is 0 Å². The van der Waals surface area contributed by atoms with E-state index in [4.69, 9.17) is 19.3 Å². The molecule has 8 heteroatoms. The SMILES string of the molecule is COc1cc(OC)c(OC)cc1CNCCNCC(C)O.Cl.Cl. The zero-order valence-electron chi connectivity index (χ0n) is 14.0. The number of benzene rings is 1. The number of aliphatic hydroxyl groups excluding tert-OH is 1. The van der Waals surface area contributed by atoms with Crippen molar-refractivity contribution < 1.29 is 19.3 Å². The minimum Gasteiger partial charge on any atom is -0.496 e. The maximum absolute atomic E-state index is 9.14. The van der Waals surface area contributed by atoms with Crippen molar-refractivity contribution in [3.05, 3.63) is 17.7 Å². The molecule has 23 heavy (non-hydrogen) atoms. The molecule has 0 amide bonds. The number of halogens is 2. The van der Waals surface area contributed by atoms with Crippen molar-refractivity contribution in [2.45, 2.75) is 19.6 Å². The van der Waals surface area contributed by atoms with Gasteiger partial charge < -0.3 is 30.0 Å². The Kier molecular flexibility index (Phi) is 14.3. The van der Waals surface area contributed by atoms with Crippen molar-refractivity contribution in [2.24, 2.45) is 0 Å². The number of aliphatic hydroxyl groups is 1. The molecule has 0 spiro atoms. The summed E-state index contributed by atoms with van der Waals surface area (Å²) >= 11 is 0. The van der Waals surface area contributed by atoms with Gasteiger partial charge in [0.05, 0.1) is 27.4 Å². The molecule has 136 valence electrons. The zero-order valence-corrected chi connectivity index (χ0v) is 15.7. The minimum absolute atomic E-state index is 0. The van der Waals surface area contributed by atoms with Crippen LogP contribution >= 0.6 is 24.8 Å². The number of hydrogen-bond donors (Lipinski definition) is 3. The lowest BCUT2D eigenvalue weighted by atomic mass is 10.1. The van der Waals surface area contributed by atoms with E-state index >= 15 is 0 Å². The molecule has 0 aliphatic heterocycles. The molecule has 6 nitrogen and oxygen atoms in total. The van der Waals surface area contributed by atoms with E-state index in [0.29, 0.717) is 24.6 Å². The molecule has 3 N–H and O–H groups in total. The van der Waals surface area contributed by atoms with E-state index in [1.807, 2.05) is 12.1 Å². The Hall–Kier alpha value is -0.920. The number of hydrogen-bond acceptors (Lipinski definition) is 6. The summed E-state index contributed by atoms with van der Waals surface area (Å²) in [6.07, 6.45) is -0.323. The number of methoxy groups -OCH3 is 3. The van der Waals surface area contributed by atoms with Gasteiger partial charge in [0, 0.05) is 37.8 Å². The van der Waals surface area contributed by atoms with Gasteiger partial charge in [0.25, 0.3) is 0 Å². The third-order valence-electron chi connectivity index (χ3n) is 3.02. The fourth-order valence-corrected chi connectivity index (χ4v) is 1.94. The monoisotopic (exact) mass is 370 g/mol. The molecule has 0 heterocycles. The summed E-state index contributed by atoms with van der Waals surface area (Å²) in [4.78, 5) is 0. The van der Waals surface area contributed by atoms with E-state index in [9.17, 15) is 0 Å². The molecule has 0 aliphatic carbocycles. The predicted molar refractivity (Wildman–Crippen MR) is 96.9 cm³/mol. The standard InChI is InChI=1S/C15H26N2O4.2ClH/c1-11(18)9-16-5-6-17-10-12-7-14(20-3)15(21-4)8-13(12)19-2;;/h7-8,11,16-18H,5-6,9-10H2,1-4H3;2*1H. The van der Waals surface area contributed by atoms with Gasteiger partial charge in [-0.1, -0.05) is 0 Å². The zero-order chi connectivity index (χ0) is 15.7. The third-order valence-corrected chi connectivity index (χ3v) is 3.02. The fourth-order valence-electron chi connectivity index (χ4n) is 1.94. The van der Waals surface area contributed by atoms with Crippen molar-refractivity contribution in [1.29, 1.82) is 0 Å². The van der Waals surface area contributed by atoms with Crippen LogP contribution in [0.3, 0.4) is 0 Å². The Balaban J connectivity index is 0. The average molecular weight is 371 g/mol. The lowest BCUT2D eigenvalue weighted by Crippen LogP contribution is -2.31. The number of ether oxygens (including phenoxy) is 3. The predicted octanol–water partition coefficient (Wildman–Crippen LogP) is 1.62. The first-order valence-electron chi connectivity index (χ1n) is 7.00. The second-order valence-electron chi connectivity index (χ2n) is 4.75. The molecule has 0 bridgehead atoms. The Morgan fingerprint density at radius 2 is 1.43 bits per heavy atom. The van der Waals surface area contributed by atoms with Crippen molar-refractivity contribution in [3.63, 3.8) is 0 Å². The van der Waals surface area contributed by atoms with Gasteiger partial charge in [-0.05, 0) is 13.0 Å². The molecule has 1 rings (SSSR count). The highest BCUT2D eigenvalue weighted by molar-refractivity contribution is 5.85. The van der Waals surface area contributed by atoms with Crippen LogP contribution in [0.15, 0.2) is 12.1 Å². The second kappa shape index (κ2) is 13.5. The molecule has 0 fully saturated rings. The van der Waals surface area contributed by atoms with Crippen LogP contribution in [0.4, 0.5) is 0 Å². The van der Waals surface area contributed by atoms with Crippen LogP contribution < -0.4 is 24.8 Å². The van der Waals surface area contributed by atoms with Crippen LogP contribution in [-0.4, -0.2) is 52.2 Å². The summed E-state index contributed by atoms with van der Waals surface area (Å²) < 4.78 is 15.9. The fraction of sp³-hybridized carbons (Fsp3) is 0.600. The molecule has 1 atom stereocenters. The van der Waals surface area contributed by atoms with E-state index < -0.39 is 0 Å². The summed E-state index contributed by atoms with van der Waals surface area (Å²) in [6.45, 7) is 4.61. The number of rotatable bonds is 10.